The summed E-state index contributed by atoms with van der Waals surface area (Å²) in [5, 5.41) is 14.7. The molecule has 5 N–H and O–H groups in total. The molecule has 0 spiro atoms. The fourth-order valence-corrected chi connectivity index (χ4v) is 3.78. The molecule has 3 rings (SSSR count). The minimum Gasteiger partial charge on any atom is -0.480 e. The molecule has 0 saturated heterocycles. The summed E-state index contributed by atoms with van der Waals surface area (Å²) in [4.78, 5) is 37.5. The fraction of sp³-hybridized carbons (Fsp3) is 0.333. The van der Waals surface area contributed by atoms with E-state index in [-0.39, 0.29) is 12.0 Å². The van der Waals surface area contributed by atoms with E-state index in [1.54, 1.807) is 19.2 Å². The Morgan fingerprint density at radius 1 is 0.950 bits per heavy atom. The van der Waals surface area contributed by atoms with Crippen LogP contribution in [0.4, 0.5) is 8.78 Å². The molecule has 3 aromatic rings. The molecule has 2 unspecified atom stereocenters. The van der Waals surface area contributed by atoms with Crippen LogP contribution >= 0.6 is 0 Å². The van der Waals surface area contributed by atoms with Gasteiger partial charge in [0, 0.05) is 24.8 Å². The average molecular weight is 555 g/mol. The van der Waals surface area contributed by atoms with Crippen LogP contribution in [0.15, 0.2) is 66.9 Å². The molecule has 0 saturated carbocycles. The van der Waals surface area contributed by atoms with Crippen LogP contribution < -0.4 is 16.4 Å². The third-order valence-electron chi connectivity index (χ3n) is 5.94. The van der Waals surface area contributed by atoms with Gasteiger partial charge in [-0.05, 0) is 61.1 Å². The maximum absolute atomic E-state index is 12.9. The van der Waals surface area contributed by atoms with Gasteiger partial charge in [-0.15, -0.1) is 0 Å². The molecule has 0 aliphatic rings. The molecular formula is C30H36F2N4O4. The number of rotatable bonds is 13. The van der Waals surface area contributed by atoms with Crippen LogP contribution in [-0.4, -0.2) is 40.0 Å². The standard InChI is InChI=1S/C17H21N3O.C13H15F2NO3/c1-13(19-11-14-5-3-2-4-6-14)7-8-15-9-10-16(17(18)21)20-12-15;1-2-3-11(13(18)19)16-12(17)6-8-4-9(14)7-10(15)5-8/h2-6,9-10,12-13,19H,7-8,11H2,1H3,(H2,18,21);4-5,7,11H,2-3,6H2,1H3,(H,16,17)(H,18,19). The molecule has 0 aliphatic carbocycles. The van der Waals surface area contributed by atoms with Gasteiger partial charge in [-0.25, -0.2) is 13.6 Å². The summed E-state index contributed by atoms with van der Waals surface area (Å²) in [6, 6.07) is 16.2. The Balaban J connectivity index is 0.000000282. The van der Waals surface area contributed by atoms with E-state index in [9.17, 15) is 23.2 Å². The number of carboxylic acids is 1. The summed E-state index contributed by atoms with van der Waals surface area (Å²) in [6.07, 6.45) is 4.32. The highest BCUT2D eigenvalue weighted by Gasteiger charge is 2.19. The zero-order valence-corrected chi connectivity index (χ0v) is 22.7. The fourth-order valence-electron chi connectivity index (χ4n) is 3.78. The molecule has 0 bridgehead atoms. The summed E-state index contributed by atoms with van der Waals surface area (Å²) in [5.41, 5.74) is 8.05. The van der Waals surface area contributed by atoms with Gasteiger partial charge in [0.15, 0.2) is 0 Å². The Morgan fingerprint density at radius 2 is 1.62 bits per heavy atom. The number of halogens is 2. The smallest absolute Gasteiger partial charge is 0.326 e. The summed E-state index contributed by atoms with van der Waals surface area (Å²) in [5.74, 6) is -3.73. The lowest BCUT2D eigenvalue weighted by Crippen LogP contribution is -2.41. The van der Waals surface area contributed by atoms with Crippen LogP contribution in [-0.2, 0) is 29.0 Å². The topological polar surface area (TPSA) is 134 Å². The third kappa shape index (κ3) is 12.1. The SMILES string of the molecule is CC(CCc1ccc(C(N)=O)nc1)NCc1ccccc1.CCCC(NC(=O)Cc1cc(F)cc(F)c1)C(=O)O. The summed E-state index contributed by atoms with van der Waals surface area (Å²) < 4.78 is 25.8. The number of aryl methyl sites for hydroxylation is 1. The first-order valence-electron chi connectivity index (χ1n) is 13.1. The quantitative estimate of drug-likeness (QED) is 0.251. The summed E-state index contributed by atoms with van der Waals surface area (Å²) >= 11 is 0. The Morgan fingerprint density at radius 3 is 2.17 bits per heavy atom. The average Bonchev–Trinajstić information content (AvgIpc) is 2.91. The van der Waals surface area contributed by atoms with E-state index in [0.717, 1.165) is 37.1 Å². The van der Waals surface area contributed by atoms with Gasteiger partial charge in [-0.3, -0.25) is 14.6 Å². The molecule has 2 atom stereocenters. The molecule has 0 radical (unpaired) electrons. The van der Waals surface area contributed by atoms with Gasteiger partial charge in [0.2, 0.25) is 5.91 Å². The van der Waals surface area contributed by atoms with Crippen LogP contribution in [0.1, 0.15) is 60.3 Å². The molecule has 8 nitrogen and oxygen atoms in total. The largest absolute Gasteiger partial charge is 0.480 e. The third-order valence-corrected chi connectivity index (χ3v) is 5.94. The Bertz CT molecular complexity index is 1220. The number of benzene rings is 2. The van der Waals surface area contributed by atoms with Crippen LogP contribution in [0, 0.1) is 11.6 Å². The molecule has 40 heavy (non-hydrogen) atoms. The van der Waals surface area contributed by atoms with Gasteiger partial charge in [-0.1, -0.05) is 49.7 Å². The Labute approximate surface area is 233 Å². The van der Waals surface area contributed by atoms with E-state index < -0.39 is 35.5 Å². The lowest BCUT2D eigenvalue weighted by atomic mass is 10.1. The van der Waals surface area contributed by atoms with E-state index in [2.05, 4.69) is 34.7 Å². The number of carbonyl (C=O) groups is 3. The van der Waals surface area contributed by atoms with Gasteiger partial charge in [0.25, 0.3) is 5.91 Å². The van der Waals surface area contributed by atoms with Crippen molar-refractivity contribution in [2.45, 2.75) is 64.6 Å². The van der Waals surface area contributed by atoms with Crippen molar-refractivity contribution >= 4 is 17.8 Å². The second kappa shape index (κ2) is 16.7. The van der Waals surface area contributed by atoms with Crippen molar-refractivity contribution in [2.24, 2.45) is 5.73 Å². The number of nitrogens with one attached hydrogen (secondary N) is 2. The molecule has 2 amide bonds. The maximum Gasteiger partial charge on any atom is 0.326 e. The van der Waals surface area contributed by atoms with Gasteiger partial charge in [0.05, 0.1) is 6.42 Å². The predicted molar refractivity (Wildman–Crippen MR) is 148 cm³/mol. The van der Waals surface area contributed by atoms with Crippen LogP contribution in [0.2, 0.25) is 0 Å². The van der Waals surface area contributed by atoms with Crippen LogP contribution in [0.25, 0.3) is 0 Å². The zero-order chi connectivity index (χ0) is 29.5. The highest BCUT2D eigenvalue weighted by Crippen LogP contribution is 2.09. The van der Waals surface area contributed by atoms with E-state index in [0.29, 0.717) is 30.6 Å². The molecular weight excluding hydrogens is 518 g/mol. The van der Waals surface area contributed by atoms with Crippen molar-refractivity contribution in [1.82, 2.24) is 15.6 Å². The van der Waals surface area contributed by atoms with Gasteiger partial charge in [0.1, 0.15) is 23.4 Å². The number of aromatic nitrogens is 1. The summed E-state index contributed by atoms with van der Waals surface area (Å²) in [7, 11) is 0. The number of hydrogen-bond donors (Lipinski definition) is 4. The first-order chi connectivity index (χ1) is 19.1. The molecule has 0 aliphatic heterocycles. The number of nitrogens with zero attached hydrogens (tertiary/aromatic N) is 1. The monoisotopic (exact) mass is 554 g/mol. The van der Waals surface area contributed by atoms with E-state index >= 15 is 0 Å². The first kappa shape index (κ1) is 32.0. The van der Waals surface area contributed by atoms with Crippen LogP contribution in [0.5, 0.6) is 0 Å². The second-order valence-electron chi connectivity index (χ2n) is 9.42. The van der Waals surface area contributed by atoms with Crippen molar-refractivity contribution in [3.8, 4) is 0 Å². The van der Waals surface area contributed by atoms with Crippen molar-refractivity contribution < 1.29 is 28.3 Å². The van der Waals surface area contributed by atoms with E-state index in [4.69, 9.17) is 10.8 Å². The summed E-state index contributed by atoms with van der Waals surface area (Å²) in [6.45, 7) is 4.85. The van der Waals surface area contributed by atoms with Gasteiger partial charge in [-0.2, -0.15) is 0 Å². The Kier molecular flexibility index (Phi) is 13.4. The predicted octanol–water partition coefficient (Wildman–Crippen LogP) is 4.17. The normalized spacial score (nSPS) is 12.0. The number of pyridine rings is 1. The van der Waals surface area contributed by atoms with Crippen molar-refractivity contribution in [3.05, 3.63) is 101 Å². The van der Waals surface area contributed by atoms with E-state index in [1.165, 1.54) is 5.56 Å². The minimum atomic E-state index is -1.12. The minimum absolute atomic E-state index is 0.163. The number of nitrogens with two attached hydrogens (primary N) is 1. The lowest BCUT2D eigenvalue weighted by molar-refractivity contribution is -0.141. The zero-order valence-electron chi connectivity index (χ0n) is 22.7. The van der Waals surface area contributed by atoms with Gasteiger partial charge >= 0.3 is 5.97 Å². The number of hydrogen-bond acceptors (Lipinski definition) is 5. The lowest BCUT2D eigenvalue weighted by Gasteiger charge is -2.13. The van der Waals surface area contributed by atoms with E-state index in [1.807, 2.05) is 24.3 Å². The first-order valence-corrected chi connectivity index (χ1v) is 13.1. The molecule has 2 aromatic carbocycles. The number of amides is 2. The number of aliphatic carboxylic acids is 1. The molecule has 0 fully saturated rings. The van der Waals surface area contributed by atoms with Gasteiger partial charge < -0.3 is 21.5 Å². The highest BCUT2D eigenvalue weighted by molar-refractivity contribution is 5.90. The van der Waals surface area contributed by atoms with Crippen LogP contribution in [0.3, 0.4) is 0 Å². The molecule has 214 valence electrons. The second-order valence-corrected chi connectivity index (χ2v) is 9.42. The number of carboxylic acid groups (broad SMARTS) is 1. The number of primary amides is 1. The molecule has 1 heterocycles. The van der Waals surface area contributed by atoms with Crippen molar-refractivity contribution in [2.75, 3.05) is 0 Å². The molecule has 1 aromatic heterocycles. The maximum atomic E-state index is 12.9. The Hall–Kier alpha value is -4.18. The van der Waals surface area contributed by atoms with Crippen molar-refractivity contribution in [3.63, 3.8) is 0 Å². The highest BCUT2D eigenvalue weighted by atomic mass is 19.1. The number of carbonyl (C=O) groups excluding carboxylic acids is 2. The molecule has 10 heteroatoms. The van der Waals surface area contributed by atoms with Crippen molar-refractivity contribution in [1.29, 1.82) is 0 Å².